The Balaban J connectivity index is 2.70. The van der Waals surface area contributed by atoms with E-state index in [0.717, 1.165) is 31.7 Å². The predicted molar refractivity (Wildman–Crippen MR) is 71.5 cm³/mol. The number of hydrogen-bond donors (Lipinski definition) is 1. The molecule has 0 aliphatic heterocycles. The van der Waals surface area contributed by atoms with Crippen molar-refractivity contribution in [3.63, 3.8) is 0 Å². The van der Waals surface area contributed by atoms with Crippen LogP contribution in [-0.2, 0) is 4.74 Å². The lowest BCUT2D eigenvalue weighted by Gasteiger charge is -2.23. The Morgan fingerprint density at radius 3 is 2.35 bits per heavy atom. The third-order valence-corrected chi connectivity index (χ3v) is 2.98. The summed E-state index contributed by atoms with van der Waals surface area (Å²) < 4.78 is 5.09. The van der Waals surface area contributed by atoms with Crippen molar-refractivity contribution in [2.75, 3.05) is 31.7 Å². The summed E-state index contributed by atoms with van der Waals surface area (Å²) in [5.41, 5.74) is 2.16. The summed E-state index contributed by atoms with van der Waals surface area (Å²) >= 11 is 0. The van der Waals surface area contributed by atoms with Gasteiger partial charge in [0.25, 0.3) is 0 Å². The van der Waals surface area contributed by atoms with Gasteiger partial charge >= 0.3 is 0 Å². The standard InChI is InChI=1S/C14H23NO2/c1-4-14(16)12-6-8-13(9-7-12)15(5-2)10-11-17-3/h6-9,14,16H,4-5,10-11H2,1-3H3/t14-/m1/s1. The minimum absolute atomic E-state index is 0.349. The molecule has 0 radical (unpaired) electrons. The maximum Gasteiger partial charge on any atom is 0.0787 e. The molecule has 1 rings (SSSR count). The van der Waals surface area contributed by atoms with Gasteiger partial charge in [0, 0.05) is 25.9 Å². The fourth-order valence-electron chi connectivity index (χ4n) is 1.81. The van der Waals surface area contributed by atoms with Crippen LogP contribution >= 0.6 is 0 Å². The molecule has 0 aliphatic rings. The van der Waals surface area contributed by atoms with E-state index < -0.39 is 0 Å². The van der Waals surface area contributed by atoms with Crippen molar-refractivity contribution in [2.45, 2.75) is 26.4 Å². The summed E-state index contributed by atoms with van der Waals surface area (Å²) in [6.45, 7) is 6.69. The van der Waals surface area contributed by atoms with Crippen LogP contribution in [-0.4, -0.2) is 31.9 Å². The van der Waals surface area contributed by atoms with Crippen LogP contribution in [0.1, 0.15) is 31.9 Å². The Kier molecular flexibility index (Phi) is 6.01. The zero-order valence-corrected chi connectivity index (χ0v) is 11.0. The predicted octanol–water partition coefficient (Wildman–Crippen LogP) is 2.60. The maximum atomic E-state index is 9.72. The van der Waals surface area contributed by atoms with Gasteiger partial charge in [0.2, 0.25) is 0 Å². The highest BCUT2D eigenvalue weighted by molar-refractivity contribution is 5.47. The number of nitrogens with zero attached hydrogens (tertiary/aromatic N) is 1. The van der Waals surface area contributed by atoms with Crippen molar-refractivity contribution in [3.8, 4) is 0 Å². The summed E-state index contributed by atoms with van der Waals surface area (Å²) in [5.74, 6) is 0. The monoisotopic (exact) mass is 237 g/mol. The lowest BCUT2D eigenvalue weighted by Crippen LogP contribution is -2.26. The third kappa shape index (κ3) is 4.02. The van der Waals surface area contributed by atoms with E-state index in [1.165, 1.54) is 5.69 Å². The molecule has 0 aromatic heterocycles. The van der Waals surface area contributed by atoms with E-state index in [0.29, 0.717) is 0 Å². The Morgan fingerprint density at radius 1 is 1.24 bits per heavy atom. The van der Waals surface area contributed by atoms with Crippen molar-refractivity contribution < 1.29 is 9.84 Å². The van der Waals surface area contributed by atoms with Crippen molar-refractivity contribution in [2.24, 2.45) is 0 Å². The topological polar surface area (TPSA) is 32.7 Å². The van der Waals surface area contributed by atoms with E-state index in [1.54, 1.807) is 7.11 Å². The molecule has 0 saturated carbocycles. The van der Waals surface area contributed by atoms with Gasteiger partial charge in [-0.05, 0) is 31.0 Å². The molecular formula is C14H23NO2. The van der Waals surface area contributed by atoms with Crippen molar-refractivity contribution in [3.05, 3.63) is 29.8 Å². The van der Waals surface area contributed by atoms with Crippen LogP contribution in [0.4, 0.5) is 5.69 Å². The molecule has 1 atom stereocenters. The smallest absolute Gasteiger partial charge is 0.0787 e. The molecule has 96 valence electrons. The zero-order valence-electron chi connectivity index (χ0n) is 11.0. The lowest BCUT2D eigenvalue weighted by atomic mass is 10.1. The molecule has 0 aliphatic carbocycles. The van der Waals surface area contributed by atoms with Gasteiger partial charge in [-0.1, -0.05) is 19.1 Å². The molecule has 17 heavy (non-hydrogen) atoms. The van der Waals surface area contributed by atoms with Crippen molar-refractivity contribution >= 4 is 5.69 Å². The van der Waals surface area contributed by atoms with Gasteiger partial charge in [-0.25, -0.2) is 0 Å². The molecule has 0 saturated heterocycles. The molecule has 0 fully saturated rings. The van der Waals surface area contributed by atoms with Crippen LogP contribution < -0.4 is 4.90 Å². The number of hydrogen-bond acceptors (Lipinski definition) is 3. The summed E-state index contributed by atoms with van der Waals surface area (Å²) in [4.78, 5) is 2.26. The van der Waals surface area contributed by atoms with Crippen molar-refractivity contribution in [1.82, 2.24) is 0 Å². The first kappa shape index (κ1) is 14.0. The van der Waals surface area contributed by atoms with E-state index in [4.69, 9.17) is 4.74 Å². The van der Waals surface area contributed by atoms with E-state index in [2.05, 4.69) is 24.0 Å². The second kappa shape index (κ2) is 7.30. The number of ether oxygens (including phenoxy) is 1. The molecule has 0 amide bonds. The number of methoxy groups -OCH3 is 1. The van der Waals surface area contributed by atoms with E-state index in [-0.39, 0.29) is 6.10 Å². The number of benzene rings is 1. The van der Waals surface area contributed by atoms with Crippen LogP contribution in [0.25, 0.3) is 0 Å². The number of aliphatic hydroxyl groups is 1. The van der Waals surface area contributed by atoms with E-state index in [1.807, 2.05) is 19.1 Å². The Hall–Kier alpha value is -1.06. The molecule has 0 unspecified atom stereocenters. The molecule has 1 aromatic rings. The highest BCUT2D eigenvalue weighted by Gasteiger charge is 2.07. The first-order valence-corrected chi connectivity index (χ1v) is 6.24. The average Bonchev–Trinajstić information content (AvgIpc) is 2.39. The fraction of sp³-hybridized carbons (Fsp3) is 0.571. The van der Waals surface area contributed by atoms with Crippen LogP contribution in [0, 0.1) is 0 Å². The molecule has 3 heteroatoms. The maximum absolute atomic E-state index is 9.72. The van der Waals surface area contributed by atoms with Crippen LogP contribution in [0.15, 0.2) is 24.3 Å². The summed E-state index contributed by atoms with van der Waals surface area (Å²) in [5, 5.41) is 9.72. The first-order valence-electron chi connectivity index (χ1n) is 6.24. The normalized spacial score (nSPS) is 12.5. The molecule has 1 aromatic carbocycles. The third-order valence-electron chi connectivity index (χ3n) is 2.98. The van der Waals surface area contributed by atoms with Crippen LogP contribution in [0.5, 0.6) is 0 Å². The van der Waals surface area contributed by atoms with E-state index >= 15 is 0 Å². The SMILES string of the molecule is CC[C@@H](O)c1ccc(N(CC)CCOC)cc1. The summed E-state index contributed by atoms with van der Waals surface area (Å²) in [6, 6.07) is 8.12. The van der Waals surface area contributed by atoms with Crippen molar-refractivity contribution in [1.29, 1.82) is 0 Å². The second-order valence-corrected chi connectivity index (χ2v) is 4.09. The molecule has 3 nitrogen and oxygen atoms in total. The van der Waals surface area contributed by atoms with Gasteiger partial charge in [0.15, 0.2) is 0 Å². The molecule has 1 N–H and O–H groups in total. The first-order chi connectivity index (χ1) is 8.22. The molecular weight excluding hydrogens is 214 g/mol. The zero-order chi connectivity index (χ0) is 12.7. The number of anilines is 1. The average molecular weight is 237 g/mol. The van der Waals surface area contributed by atoms with Gasteiger partial charge < -0.3 is 14.7 Å². The number of aliphatic hydroxyl groups excluding tert-OH is 1. The molecule has 0 heterocycles. The van der Waals surface area contributed by atoms with Gasteiger partial charge in [0.1, 0.15) is 0 Å². The van der Waals surface area contributed by atoms with Gasteiger partial charge in [0.05, 0.1) is 12.7 Å². The fourth-order valence-corrected chi connectivity index (χ4v) is 1.81. The number of rotatable bonds is 7. The summed E-state index contributed by atoms with van der Waals surface area (Å²) in [6.07, 6.45) is 0.402. The molecule has 0 spiro atoms. The Bertz CT molecular complexity index is 311. The van der Waals surface area contributed by atoms with Crippen LogP contribution in [0.3, 0.4) is 0 Å². The highest BCUT2D eigenvalue weighted by Crippen LogP contribution is 2.20. The summed E-state index contributed by atoms with van der Waals surface area (Å²) in [7, 11) is 1.72. The van der Waals surface area contributed by atoms with E-state index in [9.17, 15) is 5.11 Å². The number of likely N-dealkylation sites (N-methyl/N-ethyl adjacent to an activating group) is 1. The van der Waals surface area contributed by atoms with Gasteiger partial charge in [-0.3, -0.25) is 0 Å². The Labute approximate surface area is 104 Å². The quantitative estimate of drug-likeness (QED) is 0.791. The van der Waals surface area contributed by atoms with Gasteiger partial charge in [-0.2, -0.15) is 0 Å². The largest absolute Gasteiger partial charge is 0.388 e. The molecule has 0 bridgehead atoms. The second-order valence-electron chi connectivity index (χ2n) is 4.09. The minimum Gasteiger partial charge on any atom is -0.388 e. The lowest BCUT2D eigenvalue weighted by molar-refractivity contribution is 0.173. The highest BCUT2D eigenvalue weighted by atomic mass is 16.5. The minimum atomic E-state index is -0.349. The van der Waals surface area contributed by atoms with Crippen LogP contribution in [0.2, 0.25) is 0 Å². The van der Waals surface area contributed by atoms with Gasteiger partial charge in [-0.15, -0.1) is 0 Å². The Morgan fingerprint density at radius 2 is 1.88 bits per heavy atom.